The summed E-state index contributed by atoms with van der Waals surface area (Å²) in [7, 11) is 1.86. The molecule has 0 amide bonds. The Labute approximate surface area is 127 Å². The highest BCUT2D eigenvalue weighted by molar-refractivity contribution is 6.14. The molecule has 0 spiro atoms. The van der Waals surface area contributed by atoms with Gasteiger partial charge in [0.25, 0.3) is 0 Å². The zero-order valence-corrected chi connectivity index (χ0v) is 12.1. The van der Waals surface area contributed by atoms with E-state index in [1.165, 1.54) is 0 Å². The quantitative estimate of drug-likeness (QED) is 0.784. The van der Waals surface area contributed by atoms with Gasteiger partial charge < -0.3 is 5.32 Å². The minimum Gasteiger partial charge on any atom is -0.373 e. The van der Waals surface area contributed by atoms with Gasteiger partial charge in [0, 0.05) is 12.6 Å². The third-order valence-electron chi connectivity index (χ3n) is 3.66. The molecule has 4 rings (SSSR count). The number of aliphatic imine (C=N–C) groups is 1. The maximum Gasteiger partial charge on any atom is 0.159 e. The first-order valence-electron chi connectivity index (χ1n) is 7.05. The highest BCUT2D eigenvalue weighted by atomic mass is 15.3. The van der Waals surface area contributed by atoms with E-state index in [2.05, 4.69) is 15.5 Å². The normalized spacial score (nSPS) is 12.9. The lowest BCUT2D eigenvalue weighted by Gasteiger charge is -2.12. The Morgan fingerprint density at radius 1 is 1.09 bits per heavy atom. The lowest BCUT2D eigenvalue weighted by atomic mass is 10.1. The number of nitrogens with one attached hydrogen (secondary N) is 1. The van der Waals surface area contributed by atoms with Crippen LogP contribution in [-0.4, -0.2) is 32.5 Å². The number of hydrogen-bond acceptors (Lipinski definition) is 5. The van der Waals surface area contributed by atoms with Gasteiger partial charge in [-0.1, -0.05) is 30.3 Å². The summed E-state index contributed by atoms with van der Waals surface area (Å²) in [4.78, 5) is 9.44. The van der Waals surface area contributed by atoms with Crippen molar-refractivity contribution in [2.45, 2.75) is 6.54 Å². The molecular weight excluding hydrogens is 276 g/mol. The summed E-state index contributed by atoms with van der Waals surface area (Å²) in [5.41, 5.74) is 3.69. The molecule has 0 radical (unpaired) electrons. The molecule has 0 saturated carbocycles. The number of benzene rings is 1. The molecule has 0 aliphatic carbocycles. The average molecular weight is 290 g/mol. The minimum atomic E-state index is 0.482. The second-order valence-electron chi connectivity index (χ2n) is 4.96. The third kappa shape index (κ3) is 1.96. The Bertz CT molecular complexity index is 850. The largest absolute Gasteiger partial charge is 0.373 e. The van der Waals surface area contributed by atoms with Gasteiger partial charge in [-0.25, -0.2) is 4.98 Å². The molecule has 0 saturated heterocycles. The van der Waals surface area contributed by atoms with E-state index in [1.807, 2.05) is 54.1 Å². The Morgan fingerprint density at radius 3 is 2.77 bits per heavy atom. The molecule has 1 aliphatic rings. The molecule has 0 atom stereocenters. The van der Waals surface area contributed by atoms with Crippen molar-refractivity contribution in [2.75, 3.05) is 12.4 Å². The van der Waals surface area contributed by atoms with Crippen molar-refractivity contribution in [3.8, 4) is 5.69 Å². The maximum absolute atomic E-state index is 4.73. The average Bonchev–Trinajstić information content (AvgIpc) is 2.98. The molecule has 0 fully saturated rings. The molecule has 6 nitrogen and oxygen atoms in total. The Hall–Kier alpha value is -3.02. The van der Waals surface area contributed by atoms with Crippen molar-refractivity contribution in [3.05, 3.63) is 65.9 Å². The first-order chi connectivity index (χ1) is 10.9. The third-order valence-corrected chi connectivity index (χ3v) is 3.66. The van der Waals surface area contributed by atoms with Gasteiger partial charge in [0.15, 0.2) is 5.82 Å². The van der Waals surface area contributed by atoms with Gasteiger partial charge >= 0.3 is 0 Å². The van der Waals surface area contributed by atoms with Gasteiger partial charge in [0.05, 0.1) is 11.4 Å². The molecule has 3 heterocycles. The molecule has 0 bridgehead atoms. The van der Waals surface area contributed by atoms with Crippen LogP contribution in [0.2, 0.25) is 0 Å². The number of pyridine rings is 1. The lowest BCUT2D eigenvalue weighted by molar-refractivity contribution is 0.869. The van der Waals surface area contributed by atoms with Crippen LogP contribution >= 0.6 is 0 Å². The number of aromatic nitrogens is 4. The smallest absolute Gasteiger partial charge is 0.159 e. The fraction of sp³-hybridized carbons (Fsp3) is 0.125. The van der Waals surface area contributed by atoms with Crippen molar-refractivity contribution >= 4 is 11.5 Å². The second-order valence-corrected chi connectivity index (χ2v) is 4.96. The van der Waals surface area contributed by atoms with Gasteiger partial charge in [0.1, 0.15) is 24.4 Å². The lowest BCUT2D eigenvalue weighted by Crippen LogP contribution is -2.11. The van der Waals surface area contributed by atoms with Crippen LogP contribution in [0.1, 0.15) is 17.1 Å². The zero-order valence-electron chi connectivity index (χ0n) is 12.1. The van der Waals surface area contributed by atoms with Gasteiger partial charge in [0.2, 0.25) is 0 Å². The molecule has 6 heteroatoms. The highest BCUT2D eigenvalue weighted by Crippen LogP contribution is 2.24. The fourth-order valence-corrected chi connectivity index (χ4v) is 2.58. The van der Waals surface area contributed by atoms with Gasteiger partial charge in [-0.2, -0.15) is 0 Å². The predicted octanol–water partition coefficient (Wildman–Crippen LogP) is 2.05. The van der Waals surface area contributed by atoms with Crippen LogP contribution < -0.4 is 5.32 Å². The minimum absolute atomic E-state index is 0.482. The van der Waals surface area contributed by atoms with Crippen LogP contribution in [0.3, 0.4) is 0 Å². The standard InChI is InChI=1S/C16H14N6/c1-17-13-8-7-12-16(20-13)15(11-5-3-2-4-6-11)18-9-14-21-19-10-22(12)14/h2-8,10H,9H2,1H3,(H,17,20). The van der Waals surface area contributed by atoms with Crippen molar-refractivity contribution in [1.29, 1.82) is 0 Å². The summed E-state index contributed by atoms with van der Waals surface area (Å²) >= 11 is 0. The Morgan fingerprint density at radius 2 is 1.95 bits per heavy atom. The second kappa shape index (κ2) is 5.07. The van der Waals surface area contributed by atoms with E-state index in [0.717, 1.165) is 34.3 Å². The van der Waals surface area contributed by atoms with E-state index in [1.54, 1.807) is 6.33 Å². The van der Waals surface area contributed by atoms with Crippen molar-refractivity contribution in [1.82, 2.24) is 19.7 Å². The van der Waals surface area contributed by atoms with Gasteiger partial charge in [-0.15, -0.1) is 10.2 Å². The van der Waals surface area contributed by atoms with Crippen LogP contribution in [0.5, 0.6) is 0 Å². The van der Waals surface area contributed by atoms with Crippen LogP contribution in [-0.2, 0) is 6.54 Å². The molecular formula is C16H14N6. The molecule has 108 valence electrons. The van der Waals surface area contributed by atoms with Crippen molar-refractivity contribution in [3.63, 3.8) is 0 Å². The van der Waals surface area contributed by atoms with Crippen LogP contribution in [0, 0.1) is 0 Å². The summed E-state index contributed by atoms with van der Waals surface area (Å²) in [6.45, 7) is 0.482. The van der Waals surface area contributed by atoms with Gasteiger partial charge in [-0.05, 0) is 12.1 Å². The van der Waals surface area contributed by atoms with E-state index >= 15 is 0 Å². The molecule has 1 aliphatic heterocycles. The summed E-state index contributed by atoms with van der Waals surface area (Å²) < 4.78 is 1.95. The van der Waals surface area contributed by atoms with Crippen LogP contribution in [0.25, 0.3) is 5.69 Å². The van der Waals surface area contributed by atoms with Crippen molar-refractivity contribution < 1.29 is 0 Å². The summed E-state index contributed by atoms with van der Waals surface area (Å²) in [6.07, 6.45) is 1.71. The van der Waals surface area contributed by atoms with Crippen molar-refractivity contribution in [2.24, 2.45) is 4.99 Å². The van der Waals surface area contributed by atoms with E-state index < -0.39 is 0 Å². The van der Waals surface area contributed by atoms with Gasteiger partial charge in [-0.3, -0.25) is 9.56 Å². The number of anilines is 1. The molecule has 2 aromatic heterocycles. The van der Waals surface area contributed by atoms with E-state index in [4.69, 9.17) is 9.98 Å². The number of rotatable bonds is 2. The predicted molar refractivity (Wildman–Crippen MR) is 84.5 cm³/mol. The topological polar surface area (TPSA) is 68.0 Å². The van der Waals surface area contributed by atoms with Crippen LogP contribution in [0.4, 0.5) is 5.82 Å². The maximum atomic E-state index is 4.73. The SMILES string of the molecule is CNc1ccc2c(n1)C(c1ccccc1)=NCc1nncn1-2. The first-order valence-corrected chi connectivity index (χ1v) is 7.05. The number of fused-ring (bicyclic) bond motifs is 3. The molecule has 1 N–H and O–H groups in total. The monoisotopic (exact) mass is 290 g/mol. The van der Waals surface area contributed by atoms with E-state index in [9.17, 15) is 0 Å². The Balaban J connectivity index is 1.98. The molecule has 22 heavy (non-hydrogen) atoms. The highest BCUT2D eigenvalue weighted by Gasteiger charge is 2.21. The summed E-state index contributed by atoms with van der Waals surface area (Å²) in [5, 5.41) is 11.2. The summed E-state index contributed by atoms with van der Waals surface area (Å²) in [6, 6.07) is 14.1. The molecule has 1 aromatic carbocycles. The molecule has 3 aromatic rings. The first kappa shape index (κ1) is 12.7. The van der Waals surface area contributed by atoms with Crippen LogP contribution in [0.15, 0.2) is 53.8 Å². The summed E-state index contributed by atoms with van der Waals surface area (Å²) in [5.74, 6) is 1.62. The number of nitrogens with zero attached hydrogens (tertiary/aromatic N) is 5. The molecule has 0 unspecified atom stereocenters. The van der Waals surface area contributed by atoms with E-state index in [0.29, 0.717) is 6.54 Å². The fourth-order valence-electron chi connectivity index (χ4n) is 2.58. The zero-order chi connectivity index (χ0) is 14.9. The van der Waals surface area contributed by atoms with E-state index in [-0.39, 0.29) is 0 Å². The Kier molecular flexibility index (Phi) is 2.93. The number of hydrogen-bond donors (Lipinski definition) is 1.